The Balaban J connectivity index is 1.83. The van der Waals surface area contributed by atoms with Crippen molar-refractivity contribution in [1.82, 2.24) is 25.1 Å². The number of non-ortho nitro benzene ring substituents is 1. The van der Waals surface area contributed by atoms with Crippen LogP contribution in [0.5, 0.6) is 5.75 Å². The average molecular weight is 514 g/mol. The largest absolute Gasteiger partial charge is 0.505 e. The second-order valence-corrected chi connectivity index (χ2v) is 8.42. The summed E-state index contributed by atoms with van der Waals surface area (Å²) >= 11 is 0. The molecule has 3 aromatic heterocycles. The number of carbonyl (C=O) groups excluding carboxylic acids is 1. The topological polar surface area (TPSA) is 136 Å². The Bertz CT molecular complexity index is 1520. The molecule has 0 aliphatic carbocycles. The first-order valence-electron chi connectivity index (χ1n) is 10.9. The van der Waals surface area contributed by atoms with Gasteiger partial charge < -0.3 is 10.4 Å². The van der Waals surface area contributed by atoms with Crippen molar-refractivity contribution in [3.63, 3.8) is 0 Å². The Labute approximate surface area is 207 Å². The van der Waals surface area contributed by atoms with E-state index in [1.165, 1.54) is 18.3 Å². The molecular weight excluding hydrogens is 493 g/mol. The van der Waals surface area contributed by atoms with Gasteiger partial charge in [0.1, 0.15) is 17.0 Å². The highest BCUT2D eigenvalue weighted by molar-refractivity contribution is 5.94. The number of aromatic nitrogens is 4. The number of aryl methyl sites for hydroxylation is 2. The highest BCUT2D eigenvalue weighted by atomic mass is 19.4. The van der Waals surface area contributed by atoms with Gasteiger partial charge in [-0.3, -0.25) is 29.6 Å². The van der Waals surface area contributed by atoms with Crippen molar-refractivity contribution >= 4 is 22.5 Å². The zero-order valence-corrected chi connectivity index (χ0v) is 19.9. The van der Waals surface area contributed by atoms with E-state index in [1.807, 2.05) is 0 Å². The number of carbonyl (C=O) groups is 1. The molecule has 1 aromatic carbocycles. The minimum absolute atomic E-state index is 0.0611. The number of fused-ring (bicyclic) bond motifs is 1. The highest BCUT2D eigenvalue weighted by Gasteiger charge is 2.33. The van der Waals surface area contributed by atoms with Gasteiger partial charge in [-0.25, -0.2) is 0 Å². The first-order chi connectivity index (χ1) is 17.4. The predicted octanol–water partition coefficient (Wildman–Crippen LogP) is 4.06. The van der Waals surface area contributed by atoms with Crippen molar-refractivity contribution < 1.29 is 28.0 Å². The van der Waals surface area contributed by atoms with Crippen LogP contribution in [0.15, 0.2) is 42.7 Å². The summed E-state index contributed by atoms with van der Waals surface area (Å²) in [6.45, 7) is 3.52. The molecule has 0 fully saturated rings. The van der Waals surface area contributed by atoms with Crippen LogP contribution in [0, 0.1) is 24.0 Å². The van der Waals surface area contributed by atoms with Gasteiger partial charge in [-0.1, -0.05) is 6.07 Å². The molecule has 1 atom stereocenters. The van der Waals surface area contributed by atoms with Gasteiger partial charge in [-0.15, -0.1) is 0 Å². The zero-order chi connectivity index (χ0) is 27.1. The SMILES string of the molecule is Cc1nn(C)c(C)c1CC(=O)NC(c1ccc(C(F)(F)F)nc1)c1cc([N+](=O)[O-])c2cccnc2c1O. The lowest BCUT2D eigenvalue weighted by atomic mass is 9.95. The third-order valence-electron chi connectivity index (χ3n) is 6.09. The average Bonchev–Trinajstić information content (AvgIpc) is 3.08. The molecule has 0 saturated carbocycles. The van der Waals surface area contributed by atoms with E-state index in [9.17, 15) is 33.2 Å². The molecular formula is C24H21F3N6O4. The minimum Gasteiger partial charge on any atom is -0.505 e. The maximum atomic E-state index is 13.1. The highest BCUT2D eigenvalue weighted by Crippen LogP contribution is 2.40. The number of pyridine rings is 2. The molecule has 0 saturated heterocycles. The minimum atomic E-state index is -4.69. The van der Waals surface area contributed by atoms with Gasteiger partial charge in [-0.05, 0) is 37.6 Å². The van der Waals surface area contributed by atoms with Gasteiger partial charge in [-0.2, -0.15) is 18.3 Å². The summed E-state index contributed by atoms with van der Waals surface area (Å²) < 4.78 is 40.9. The summed E-state index contributed by atoms with van der Waals surface area (Å²) in [6, 6.07) is 4.49. The quantitative estimate of drug-likeness (QED) is 0.293. The van der Waals surface area contributed by atoms with Gasteiger partial charge in [0, 0.05) is 42.3 Å². The summed E-state index contributed by atoms with van der Waals surface area (Å²) in [4.78, 5) is 31.7. The summed E-state index contributed by atoms with van der Waals surface area (Å²) in [6.07, 6.45) is -2.58. The number of nitro benzene ring substituents is 1. The number of hydrogen-bond acceptors (Lipinski definition) is 7. The Morgan fingerprint density at radius 1 is 1.24 bits per heavy atom. The van der Waals surface area contributed by atoms with E-state index in [0.29, 0.717) is 11.3 Å². The summed E-state index contributed by atoms with van der Waals surface area (Å²) in [5, 5.41) is 29.8. The molecule has 10 nitrogen and oxygen atoms in total. The Hall–Kier alpha value is -4.55. The van der Waals surface area contributed by atoms with E-state index in [0.717, 1.165) is 30.1 Å². The smallest absolute Gasteiger partial charge is 0.433 e. The Morgan fingerprint density at radius 2 is 1.97 bits per heavy atom. The molecule has 0 aliphatic heterocycles. The maximum Gasteiger partial charge on any atom is 0.433 e. The number of alkyl halides is 3. The van der Waals surface area contributed by atoms with Crippen LogP contribution in [0.1, 0.15) is 39.8 Å². The number of amides is 1. The predicted molar refractivity (Wildman–Crippen MR) is 126 cm³/mol. The molecule has 37 heavy (non-hydrogen) atoms. The van der Waals surface area contributed by atoms with Crippen molar-refractivity contribution in [3.05, 3.63) is 86.6 Å². The molecule has 2 N–H and O–H groups in total. The van der Waals surface area contributed by atoms with Crippen LogP contribution in [0.25, 0.3) is 10.9 Å². The molecule has 1 unspecified atom stereocenters. The molecule has 1 amide bonds. The van der Waals surface area contributed by atoms with Crippen molar-refractivity contribution in [2.24, 2.45) is 7.05 Å². The maximum absolute atomic E-state index is 13.1. The number of nitrogens with zero attached hydrogens (tertiary/aromatic N) is 5. The van der Waals surface area contributed by atoms with E-state index in [1.54, 1.807) is 25.6 Å². The number of phenols is 1. The van der Waals surface area contributed by atoms with Crippen LogP contribution < -0.4 is 5.32 Å². The lowest BCUT2D eigenvalue weighted by Gasteiger charge is -2.22. The second-order valence-electron chi connectivity index (χ2n) is 8.42. The Morgan fingerprint density at radius 3 is 2.54 bits per heavy atom. The van der Waals surface area contributed by atoms with E-state index >= 15 is 0 Å². The fourth-order valence-corrected chi connectivity index (χ4v) is 4.13. The number of benzene rings is 1. The molecule has 0 bridgehead atoms. The number of nitro groups is 1. The van der Waals surface area contributed by atoms with Crippen molar-refractivity contribution in [2.75, 3.05) is 0 Å². The van der Waals surface area contributed by atoms with Crippen molar-refractivity contribution in [1.29, 1.82) is 0 Å². The van der Waals surface area contributed by atoms with Crippen LogP contribution >= 0.6 is 0 Å². The third kappa shape index (κ3) is 4.92. The fourth-order valence-electron chi connectivity index (χ4n) is 4.13. The van der Waals surface area contributed by atoms with Gasteiger partial charge >= 0.3 is 6.18 Å². The molecule has 0 aliphatic rings. The molecule has 0 spiro atoms. The fraction of sp³-hybridized carbons (Fsp3) is 0.250. The normalized spacial score (nSPS) is 12.5. The summed E-state index contributed by atoms with van der Waals surface area (Å²) in [5.41, 5.74) is 0.329. The number of rotatable bonds is 6. The number of halogens is 3. The molecule has 192 valence electrons. The van der Waals surface area contributed by atoms with E-state index in [-0.39, 0.29) is 28.5 Å². The molecule has 4 aromatic rings. The monoisotopic (exact) mass is 514 g/mol. The third-order valence-corrected chi connectivity index (χ3v) is 6.09. The van der Waals surface area contributed by atoms with E-state index < -0.39 is 40.2 Å². The Kier molecular flexibility index (Phi) is 6.55. The molecule has 0 radical (unpaired) electrons. The second kappa shape index (κ2) is 9.48. The first kappa shape index (κ1) is 25.5. The van der Waals surface area contributed by atoms with Crippen LogP contribution in [-0.4, -0.2) is 35.7 Å². The number of phenolic OH excluding ortho intramolecular Hbond substituents is 1. The number of nitrogens with one attached hydrogen (secondary N) is 1. The van der Waals surface area contributed by atoms with Crippen LogP contribution in [0.2, 0.25) is 0 Å². The van der Waals surface area contributed by atoms with E-state index in [2.05, 4.69) is 20.4 Å². The van der Waals surface area contributed by atoms with E-state index in [4.69, 9.17) is 0 Å². The standard InChI is InChI=1S/C24H21F3N6O4/c1-12-16(13(2)32(3)31-12)10-20(34)30-21(14-6-7-19(29-11-14)24(25,26)27)17-9-18(33(36)37)15-5-4-8-28-22(15)23(17)35/h4-9,11,21,35H,10H2,1-3H3,(H,30,34). The summed E-state index contributed by atoms with van der Waals surface area (Å²) in [5.74, 6) is -1.01. The lowest BCUT2D eigenvalue weighted by molar-refractivity contribution is -0.383. The number of aromatic hydroxyl groups is 1. The van der Waals surface area contributed by atoms with Crippen molar-refractivity contribution in [3.8, 4) is 5.75 Å². The van der Waals surface area contributed by atoms with Crippen LogP contribution in [-0.2, 0) is 24.4 Å². The molecule has 3 heterocycles. The van der Waals surface area contributed by atoms with Crippen LogP contribution in [0.3, 0.4) is 0 Å². The molecule has 13 heteroatoms. The van der Waals surface area contributed by atoms with Gasteiger partial charge in [0.05, 0.1) is 28.5 Å². The number of hydrogen-bond donors (Lipinski definition) is 2. The van der Waals surface area contributed by atoms with Gasteiger partial charge in [0.25, 0.3) is 5.69 Å². The molecule has 4 rings (SSSR count). The summed E-state index contributed by atoms with van der Waals surface area (Å²) in [7, 11) is 1.72. The van der Waals surface area contributed by atoms with Crippen LogP contribution in [0.4, 0.5) is 18.9 Å². The first-order valence-corrected chi connectivity index (χ1v) is 10.9. The zero-order valence-electron chi connectivity index (χ0n) is 19.9. The van der Waals surface area contributed by atoms with Crippen molar-refractivity contribution in [2.45, 2.75) is 32.5 Å². The van der Waals surface area contributed by atoms with Gasteiger partial charge in [0.2, 0.25) is 5.91 Å². The van der Waals surface area contributed by atoms with Gasteiger partial charge in [0.15, 0.2) is 0 Å². The lowest BCUT2D eigenvalue weighted by Crippen LogP contribution is -2.31.